The Kier molecular flexibility index (Phi) is 5.27. The third-order valence-electron chi connectivity index (χ3n) is 5.97. The minimum Gasteiger partial charge on any atom is -0.493 e. The van der Waals surface area contributed by atoms with Crippen LogP contribution in [0.25, 0.3) is 0 Å². The van der Waals surface area contributed by atoms with E-state index in [2.05, 4.69) is 30.0 Å². The number of fused-ring (bicyclic) bond motifs is 1. The van der Waals surface area contributed by atoms with Crippen molar-refractivity contribution in [1.82, 2.24) is 4.90 Å². The Morgan fingerprint density at radius 1 is 1.11 bits per heavy atom. The highest BCUT2D eigenvalue weighted by atomic mass is 16.5. The van der Waals surface area contributed by atoms with E-state index in [4.69, 9.17) is 9.47 Å². The quantitative estimate of drug-likeness (QED) is 0.791. The van der Waals surface area contributed by atoms with Crippen LogP contribution in [0.5, 0.6) is 11.5 Å². The summed E-state index contributed by atoms with van der Waals surface area (Å²) in [7, 11) is 3.30. The Hall–Kier alpha value is -2.53. The lowest BCUT2D eigenvalue weighted by atomic mass is 10.0. The average molecular weight is 380 g/mol. The number of hydrogen-bond acceptors (Lipinski definition) is 4. The van der Waals surface area contributed by atoms with E-state index in [0.29, 0.717) is 6.54 Å². The number of nitrogens with zero attached hydrogens (tertiary/aromatic N) is 2. The zero-order chi connectivity index (χ0) is 19.7. The molecule has 0 radical (unpaired) electrons. The number of carbonyl (C=O) groups is 1. The molecule has 148 valence electrons. The molecule has 5 nitrogen and oxygen atoms in total. The van der Waals surface area contributed by atoms with Crippen molar-refractivity contribution in [1.29, 1.82) is 0 Å². The van der Waals surface area contributed by atoms with E-state index in [1.807, 2.05) is 29.2 Å². The fourth-order valence-electron chi connectivity index (χ4n) is 4.65. The predicted octanol–water partition coefficient (Wildman–Crippen LogP) is 3.82. The summed E-state index contributed by atoms with van der Waals surface area (Å²) in [6, 6.07) is 14.8. The van der Waals surface area contributed by atoms with Crippen LogP contribution in [-0.2, 0) is 11.2 Å². The van der Waals surface area contributed by atoms with Crippen LogP contribution in [0.1, 0.15) is 36.9 Å². The number of anilines is 1. The number of carbonyl (C=O) groups excluding carboxylic acids is 1. The Labute approximate surface area is 166 Å². The van der Waals surface area contributed by atoms with Crippen LogP contribution >= 0.6 is 0 Å². The molecule has 2 aromatic carbocycles. The molecular formula is C23H28N2O3. The highest BCUT2D eigenvalue weighted by Gasteiger charge is 2.34. The summed E-state index contributed by atoms with van der Waals surface area (Å²) >= 11 is 0. The van der Waals surface area contributed by atoms with Crippen molar-refractivity contribution in [2.45, 2.75) is 38.3 Å². The number of benzene rings is 2. The van der Waals surface area contributed by atoms with Crippen LogP contribution in [0.15, 0.2) is 42.5 Å². The first-order valence-corrected chi connectivity index (χ1v) is 9.98. The van der Waals surface area contributed by atoms with Gasteiger partial charge in [-0.2, -0.15) is 0 Å². The molecule has 2 aliphatic rings. The highest BCUT2D eigenvalue weighted by molar-refractivity contribution is 5.97. The molecule has 2 atom stereocenters. The molecule has 2 unspecified atom stereocenters. The SMILES string of the molecule is COc1ccc(C2CCCN2CC(=O)N2c3ccccc3CC2C)cc1OC. The normalized spacial score (nSPS) is 21.6. The lowest BCUT2D eigenvalue weighted by Gasteiger charge is -2.29. The lowest BCUT2D eigenvalue weighted by molar-refractivity contribution is -0.120. The molecule has 2 aliphatic heterocycles. The molecule has 1 fully saturated rings. The number of hydrogen-bond donors (Lipinski definition) is 0. The zero-order valence-corrected chi connectivity index (χ0v) is 16.9. The number of ether oxygens (including phenoxy) is 2. The van der Waals surface area contributed by atoms with Gasteiger partial charge < -0.3 is 14.4 Å². The molecule has 5 heteroatoms. The van der Waals surface area contributed by atoms with E-state index >= 15 is 0 Å². The fraction of sp³-hybridized carbons (Fsp3) is 0.435. The van der Waals surface area contributed by atoms with E-state index < -0.39 is 0 Å². The van der Waals surface area contributed by atoms with Crippen LogP contribution in [-0.4, -0.2) is 44.2 Å². The summed E-state index contributed by atoms with van der Waals surface area (Å²) in [5.74, 6) is 1.65. The second kappa shape index (κ2) is 7.84. The summed E-state index contributed by atoms with van der Waals surface area (Å²) in [4.78, 5) is 17.5. The Balaban J connectivity index is 1.53. The van der Waals surface area contributed by atoms with Gasteiger partial charge in [-0.05, 0) is 62.1 Å². The second-order valence-corrected chi connectivity index (χ2v) is 7.69. The van der Waals surface area contributed by atoms with Crippen molar-refractivity contribution in [2.75, 3.05) is 32.2 Å². The van der Waals surface area contributed by atoms with Gasteiger partial charge in [0.1, 0.15) is 0 Å². The van der Waals surface area contributed by atoms with Crippen molar-refractivity contribution in [3.8, 4) is 11.5 Å². The summed E-state index contributed by atoms with van der Waals surface area (Å²) in [5.41, 5.74) is 3.51. The molecule has 2 aromatic rings. The van der Waals surface area contributed by atoms with Crippen molar-refractivity contribution < 1.29 is 14.3 Å². The van der Waals surface area contributed by atoms with Gasteiger partial charge in [-0.3, -0.25) is 9.69 Å². The molecule has 1 amide bonds. The van der Waals surface area contributed by atoms with E-state index in [0.717, 1.165) is 43.0 Å². The van der Waals surface area contributed by atoms with E-state index in [-0.39, 0.29) is 18.0 Å². The van der Waals surface area contributed by atoms with Crippen molar-refractivity contribution in [3.05, 3.63) is 53.6 Å². The van der Waals surface area contributed by atoms with Gasteiger partial charge in [0.2, 0.25) is 5.91 Å². The summed E-state index contributed by atoms with van der Waals surface area (Å²) in [6.07, 6.45) is 3.08. The summed E-state index contributed by atoms with van der Waals surface area (Å²) in [5, 5.41) is 0. The third kappa shape index (κ3) is 3.35. The molecule has 0 aliphatic carbocycles. The number of rotatable bonds is 5. The topological polar surface area (TPSA) is 42.0 Å². The molecule has 0 aromatic heterocycles. The molecular weight excluding hydrogens is 352 g/mol. The molecule has 2 heterocycles. The van der Waals surface area contributed by atoms with Gasteiger partial charge in [0, 0.05) is 17.8 Å². The molecule has 28 heavy (non-hydrogen) atoms. The minimum atomic E-state index is 0.185. The Morgan fingerprint density at radius 2 is 1.89 bits per heavy atom. The van der Waals surface area contributed by atoms with Gasteiger partial charge in [-0.25, -0.2) is 0 Å². The number of likely N-dealkylation sites (tertiary alicyclic amines) is 1. The second-order valence-electron chi connectivity index (χ2n) is 7.69. The monoisotopic (exact) mass is 380 g/mol. The maximum Gasteiger partial charge on any atom is 0.241 e. The Bertz CT molecular complexity index is 867. The molecule has 0 saturated carbocycles. The fourth-order valence-corrected chi connectivity index (χ4v) is 4.65. The minimum absolute atomic E-state index is 0.185. The van der Waals surface area contributed by atoms with Crippen LogP contribution < -0.4 is 14.4 Å². The van der Waals surface area contributed by atoms with Gasteiger partial charge >= 0.3 is 0 Å². The van der Waals surface area contributed by atoms with Crippen molar-refractivity contribution in [2.24, 2.45) is 0 Å². The number of methoxy groups -OCH3 is 2. The molecule has 1 saturated heterocycles. The highest BCUT2D eigenvalue weighted by Crippen LogP contribution is 2.37. The van der Waals surface area contributed by atoms with Crippen LogP contribution in [0, 0.1) is 0 Å². The van der Waals surface area contributed by atoms with Gasteiger partial charge in [-0.15, -0.1) is 0 Å². The van der Waals surface area contributed by atoms with Gasteiger partial charge in [-0.1, -0.05) is 24.3 Å². The molecule has 0 N–H and O–H groups in total. The standard InChI is InChI=1S/C23H28N2O3/c1-16-13-17-7-4-5-8-20(17)25(16)23(26)15-24-12-6-9-19(24)18-10-11-21(27-2)22(14-18)28-3/h4-5,7-8,10-11,14,16,19H,6,9,12-13,15H2,1-3H3. The van der Waals surface area contributed by atoms with E-state index in [1.54, 1.807) is 14.2 Å². The van der Waals surface area contributed by atoms with Gasteiger partial charge in [0.05, 0.1) is 20.8 Å². The zero-order valence-electron chi connectivity index (χ0n) is 16.9. The van der Waals surface area contributed by atoms with E-state index in [1.165, 1.54) is 11.1 Å². The molecule has 0 bridgehead atoms. The predicted molar refractivity (Wildman–Crippen MR) is 110 cm³/mol. The average Bonchev–Trinajstić information content (AvgIpc) is 3.30. The summed E-state index contributed by atoms with van der Waals surface area (Å²) < 4.78 is 10.8. The lowest BCUT2D eigenvalue weighted by Crippen LogP contribution is -2.43. The van der Waals surface area contributed by atoms with Gasteiger partial charge in [0.15, 0.2) is 11.5 Å². The first-order valence-electron chi connectivity index (χ1n) is 9.98. The number of amides is 1. The van der Waals surface area contributed by atoms with Crippen LogP contribution in [0.2, 0.25) is 0 Å². The van der Waals surface area contributed by atoms with E-state index in [9.17, 15) is 4.79 Å². The largest absolute Gasteiger partial charge is 0.493 e. The molecule has 0 spiro atoms. The van der Waals surface area contributed by atoms with Crippen molar-refractivity contribution >= 4 is 11.6 Å². The third-order valence-corrected chi connectivity index (χ3v) is 5.97. The van der Waals surface area contributed by atoms with Crippen molar-refractivity contribution in [3.63, 3.8) is 0 Å². The summed E-state index contributed by atoms with van der Waals surface area (Å²) in [6.45, 7) is 3.51. The molecule has 4 rings (SSSR count). The Morgan fingerprint density at radius 3 is 2.68 bits per heavy atom. The number of para-hydroxylation sites is 1. The first kappa shape index (κ1) is 18.8. The smallest absolute Gasteiger partial charge is 0.241 e. The van der Waals surface area contributed by atoms with Gasteiger partial charge in [0.25, 0.3) is 0 Å². The first-order chi connectivity index (χ1) is 13.6. The maximum absolute atomic E-state index is 13.2. The van der Waals surface area contributed by atoms with Crippen LogP contribution in [0.4, 0.5) is 5.69 Å². The maximum atomic E-state index is 13.2. The van der Waals surface area contributed by atoms with Crippen LogP contribution in [0.3, 0.4) is 0 Å².